The minimum absolute atomic E-state index is 0.170. The first-order valence-corrected chi connectivity index (χ1v) is 9.94. The van der Waals surface area contributed by atoms with E-state index in [1.165, 1.54) is 18.7 Å². The van der Waals surface area contributed by atoms with E-state index < -0.39 is 46.7 Å². The topological polar surface area (TPSA) is 152 Å². The van der Waals surface area contributed by atoms with E-state index in [1.54, 1.807) is 0 Å². The Hall–Kier alpha value is -2.41. The van der Waals surface area contributed by atoms with Crippen molar-refractivity contribution in [2.24, 2.45) is 5.16 Å². The molecule has 2 rings (SSSR count). The Bertz CT molecular complexity index is 796. The number of β-lactam (4-membered cyclic amide) rings is 1. The van der Waals surface area contributed by atoms with Crippen LogP contribution >= 0.6 is 27.7 Å². The second-order valence-corrected chi connectivity index (χ2v) is 7.24. The highest BCUT2D eigenvalue weighted by Crippen LogP contribution is 2.40. The van der Waals surface area contributed by atoms with Crippen molar-refractivity contribution in [3.8, 4) is 0 Å². The third kappa shape index (κ3) is 4.35. The lowest BCUT2D eigenvalue weighted by Crippen LogP contribution is -2.71. The zero-order valence-corrected chi connectivity index (χ0v) is 17.2. The number of aliphatic carboxylic acids is 1. The number of ketones is 1. The average Bonchev–Trinajstić information content (AvgIpc) is 2.66. The molecule has 13 heteroatoms. The van der Waals surface area contributed by atoms with Crippen LogP contribution in [0.15, 0.2) is 16.4 Å². The highest BCUT2D eigenvalue weighted by molar-refractivity contribution is 9.09. The van der Waals surface area contributed by atoms with Crippen LogP contribution in [0.1, 0.15) is 6.92 Å². The number of rotatable bonds is 8. The van der Waals surface area contributed by atoms with Gasteiger partial charge in [0.25, 0.3) is 11.8 Å². The molecule has 1 unspecified atom stereocenters. The summed E-state index contributed by atoms with van der Waals surface area (Å²) in [5, 5.41) is 14.4. The zero-order chi connectivity index (χ0) is 21.0. The molecule has 0 spiro atoms. The molecule has 2 aliphatic heterocycles. The van der Waals surface area contributed by atoms with Gasteiger partial charge in [0, 0.05) is 18.2 Å². The predicted molar refractivity (Wildman–Crippen MR) is 99.6 cm³/mol. The van der Waals surface area contributed by atoms with Gasteiger partial charge in [-0.2, -0.15) is 0 Å². The summed E-state index contributed by atoms with van der Waals surface area (Å²) in [6.45, 7) is 0.940. The summed E-state index contributed by atoms with van der Waals surface area (Å²) in [6, 6.07) is -1.03. The third-order valence-corrected chi connectivity index (χ3v) is 5.62. The Kier molecular flexibility index (Phi) is 7.18. The number of carbonyl (C=O) groups excluding carboxylic acids is 4. The normalized spacial score (nSPS) is 21.5. The van der Waals surface area contributed by atoms with Gasteiger partial charge in [-0.05, 0) is 0 Å². The maximum Gasteiger partial charge on any atom is 0.352 e. The van der Waals surface area contributed by atoms with Gasteiger partial charge in [-0.1, -0.05) is 21.1 Å². The maximum absolute atomic E-state index is 12.5. The first kappa shape index (κ1) is 21.9. The van der Waals surface area contributed by atoms with Gasteiger partial charge in [0.05, 0.1) is 5.33 Å². The number of oxime groups is 1. The molecule has 11 nitrogen and oxygen atoms in total. The summed E-state index contributed by atoms with van der Waals surface area (Å²) in [6.07, 6.45) is 0. The van der Waals surface area contributed by atoms with Gasteiger partial charge in [0.2, 0.25) is 11.5 Å². The molecule has 0 bridgehead atoms. The first-order chi connectivity index (χ1) is 13.2. The van der Waals surface area contributed by atoms with E-state index in [1.807, 2.05) is 0 Å². The summed E-state index contributed by atoms with van der Waals surface area (Å²) < 4.78 is 4.84. The Morgan fingerprint density at radius 3 is 2.61 bits per heavy atom. The van der Waals surface area contributed by atoms with E-state index in [-0.39, 0.29) is 29.0 Å². The highest BCUT2D eigenvalue weighted by Gasteiger charge is 2.54. The van der Waals surface area contributed by atoms with Crippen molar-refractivity contribution in [1.82, 2.24) is 10.2 Å². The van der Waals surface area contributed by atoms with Crippen LogP contribution in [0.25, 0.3) is 0 Å². The number of alkyl halides is 1. The zero-order valence-electron chi connectivity index (χ0n) is 14.8. The number of esters is 1. The Balaban J connectivity index is 2.18. The molecule has 0 aromatic rings. The number of halogens is 1. The molecule has 0 saturated carbocycles. The Morgan fingerprint density at radius 2 is 2.07 bits per heavy atom. The number of nitrogens with zero attached hydrogens (tertiary/aromatic N) is 2. The summed E-state index contributed by atoms with van der Waals surface area (Å²) in [4.78, 5) is 64.6. The van der Waals surface area contributed by atoms with Crippen molar-refractivity contribution in [1.29, 1.82) is 0 Å². The monoisotopic (exact) mass is 477 g/mol. The van der Waals surface area contributed by atoms with E-state index in [0.29, 0.717) is 0 Å². The second kappa shape index (κ2) is 9.19. The highest BCUT2D eigenvalue weighted by atomic mass is 79.9. The summed E-state index contributed by atoms with van der Waals surface area (Å²) in [7, 11) is 1.16. The van der Waals surface area contributed by atoms with E-state index >= 15 is 0 Å². The molecular weight excluding hydrogens is 462 g/mol. The molecule has 0 aromatic heterocycles. The van der Waals surface area contributed by atoms with Gasteiger partial charge >= 0.3 is 11.9 Å². The summed E-state index contributed by atoms with van der Waals surface area (Å²) >= 11 is 4.12. The molecule has 28 heavy (non-hydrogen) atoms. The van der Waals surface area contributed by atoms with E-state index in [2.05, 4.69) is 31.2 Å². The van der Waals surface area contributed by atoms with Crippen molar-refractivity contribution < 1.29 is 38.7 Å². The van der Waals surface area contributed by atoms with Crippen molar-refractivity contribution in [2.75, 3.05) is 24.8 Å². The fourth-order valence-corrected chi connectivity index (χ4v) is 4.16. The fourth-order valence-electron chi connectivity index (χ4n) is 2.57. The number of Topliss-reactive ketones (excluding diaryl/α,β-unsaturated/α-hetero) is 1. The molecule has 2 atom stereocenters. The van der Waals surface area contributed by atoms with Crippen LogP contribution in [0, 0.1) is 0 Å². The van der Waals surface area contributed by atoms with Crippen LogP contribution in [-0.2, 0) is 33.5 Å². The Labute approximate surface area is 171 Å². The van der Waals surface area contributed by atoms with E-state index in [9.17, 15) is 29.1 Å². The van der Waals surface area contributed by atoms with Crippen LogP contribution in [0.3, 0.4) is 0 Å². The molecular formula is C15H16BrN3O8S. The van der Waals surface area contributed by atoms with Gasteiger partial charge in [0.15, 0.2) is 0 Å². The summed E-state index contributed by atoms with van der Waals surface area (Å²) in [5.41, 5.74) is -0.517. The largest absolute Gasteiger partial charge is 0.477 e. The molecule has 2 heterocycles. The molecule has 152 valence electrons. The minimum Gasteiger partial charge on any atom is -0.477 e. The first-order valence-electron chi connectivity index (χ1n) is 7.77. The smallest absolute Gasteiger partial charge is 0.352 e. The van der Waals surface area contributed by atoms with E-state index in [4.69, 9.17) is 4.74 Å². The van der Waals surface area contributed by atoms with Crippen molar-refractivity contribution in [2.45, 2.75) is 18.3 Å². The molecule has 1 fully saturated rings. The molecule has 0 aromatic carbocycles. The molecule has 2 N–H and O–H groups in total. The van der Waals surface area contributed by atoms with Gasteiger partial charge in [-0.15, -0.1) is 11.8 Å². The van der Waals surface area contributed by atoms with Gasteiger partial charge in [-0.25, -0.2) is 4.79 Å². The number of hydrogen-bond acceptors (Lipinski definition) is 9. The fraction of sp³-hybridized carbons (Fsp3) is 0.467. The number of hydrogen-bond donors (Lipinski definition) is 2. The molecule has 0 radical (unpaired) electrons. The Morgan fingerprint density at radius 1 is 1.39 bits per heavy atom. The van der Waals surface area contributed by atoms with Crippen LogP contribution in [0.2, 0.25) is 0 Å². The number of carbonyl (C=O) groups is 5. The van der Waals surface area contributed by atoms with Gasteiger partial charge in [0.1, 0.15) is 30.8 Å². The lowest BCUT2D eigenvalue weighted by molar-refractivity contribution is -0.150. The molecule has 2 amide bonds. The van der Waals surface area contributed by atoms with Gasteiger partial charge in [-0.3, -0.25) is 24.1 Å². The SMILES string of the molecule is CON=C(C(=O)CBr)C(=O)NC1C(=O)N2C(C(=O)O)=C(COC(C)=O)CS[C@@H]12. The lowest BCUT2D eigenvalue weighted by atomic mass is 10.0. The average molecular weight is 478 g/mol. The maximum atomic E-state index is 12.5. The number of carboxylic acids is 1. The quantitative estimate of drug-likeness (QED) is 0.115. The standard InChI is InChI=1S/C15H16BrN3O8S/c1-6(20)27-4-7-5-28-14-10(13(23)19(14)11(7)15(24)25)17-12(22)9(18-26-2)8(21)3-16/h10,14H,3-5H2,1-2H3,(H,17,22)(H,24,25)/t10?,14-/m0/s1. The second-order valence-electron chi connectivity index (χ2n) is 5.58. The van der Waals surface area contributed by atoms with Gasteiger partial charge < -0.3 is 20.0 Å². The van der Waals surface area contributed by atoms with Crippen molar-refractivity contribution in [3.63, 3.8) is 0 Å². The predicted octanol–water partition coefficient (Wildman–Crippen LogP) is -0.745. The van der Waals surface area contributed by atoms with Crippen molar-refractivity contribution >= 4 is 62.9 Å². The number of amides is 2. The van der Waals surface area contributed by atoms with E-state index in [0.717, 1.165) is 12.0 Å². The van der Waals surface area contributed by atoms with Crippen LogP contribution in [-0.4, -0.2) is 81.5 Å². The van der Waals surface area contributed by atoms with Crippen LogP contribution in [0.4, 0.5) is 0 Å². The molecule has 2 aliphatic rings. The lowest BCUT2D eigenvalue weighted by Gasteiger charge is -2.49. The molecule has 0 aliphatic carbocycles. The number of carboxylic acid groups (broad SMARTS) is 1. The molecule has 1 saturated heterocycles. The third-order valence-electron chi connectivity index (χ3n) is 3.77. The van der Waals surface area contributed by atoms with Crippen LogP contribution in [0.5, 0.6) is 0 Å². The number of thioether (sulfide) groups is 1. The minimum atomic E-state index is -1.35. The van der Waals surface area contributed by atoms with Crippen LogP contribution < -0.4 is 5.32 Å². The summed E-state index contributed by atoms with van der Waals surface area (Å²) in [5.74, 6) is -3.95. The number of fused-ring (bicyclic) bond motifs is 1. The number of nitrogens with one attached hydrogen (secondary N) is 1. The number of ether oxygens (including phenoxy) is 1. The van der Waals surface area contributed by atoms with Crippen molar-refractivity contribution in [3.05, 3.63) is 11.3 Å².